The first-order valence-corrected chi connectivity index (χ1v) is 4.20. The molecule has 1 aromatic rings. The summed E-state index contributed by atoms with van der Waals surface area (Å²) in [4.78, 5) is 0. The van der Waals surface area contributed by atoms with Crippen molar-refractivity contribution in [1.29, 1.82) is 0 Å². The van der Waals surface area contributed by atoms with E-state index in [1.807, 2.05) is 25.1 Å². The molecule has 0 aromatic heterocycles. The van der Waals surface area contributed by atoms with Crippen molar-refractivity contribution < 1.29 is 5.11 Å². The van der Waals surface area contributed by atoms with Crippen LogP contribution in [-0.4, -0.2) is 18.3 Å². The molecule has 0 aliphatic rings. The number of rotatable bonds is 4. The molecule has 0 amide bonds. The molecule has 0 saturated carbocycles. The highest BCUT2D eigenvalue weighted by Gasteiger charge is 1.94. The zero-order chi connectivity index (χ0) is 9.68. The van der Waals surface area contributed by atoms with Crippen molar-refractivity contribution >= 4 is 11.4 Å². The Kier molecular flexibility index (Phi) is 3.54. The summed E-state index contributed by atoms with van der Waals surface area (Å²) < 4.78 is 0. The minimum atomic E-state index is 0.112. The summed E-state index contributed by atoms with van der Waals surface area (Å²) in [5.74, 6) is 0. The van der Waals surface area contributed by atoms with Gasteiger partial charge in [-0.1, -0.05) is 0 Å². The topological polar surface area (TPSA) is 70.3 Å². The first-order chi connectivity index (χ1) is 6.24. The maximum absolute atomic E-state index is 8.52. The van der Waals surface area contributed by atoms with Crippen molar-refractivity contribution in [3.05, 3.63) is 23.8 Å². The van der Waals surface area contributed by atoms with Gasteiger partial charge in [0.15, 0.2) is 0 Å². The molecule has 1 aromatic carbocycles. The third kappa shape index (κ3) is 2.93. The Balaban J connectivity index is 2.53. The van der Waals surface area contributed by atoms with Crippen LogP contribution in [0, 0.1) is 6.92 Å². The van der Waals surface area contributed by atoms with E-state index in [0.29, 0.717) is 6.54 Å². The fourth-order valence-corrected chi connectivity index (χ4v) is 0.974. The number of nitrogen functional groups attached to an aromatic ring is 1. The number of anilines is 2. The Morgan fingerprint density at radius 3 is 2.85 bits per heavy atom. The zero-order valence-electron chi connectivity index (χ0n) is 7.67. The Morgan fingerprint density at radius 2 is 2.23 bits per heavy atom. The third-order valence-electron chi connectivity index (χ3n) is 1.74. The van der Waals surface area contributed by atoms with Crippen LogP contribution in [0.15, 0.2) is 18.2 Å². The molecule has 0 radical (unpaired) electrons. The number of hydrogen-bond acceptors (Lipinski definition) is 4. The molecule has 13 heavy (non-hydrogen) atoms. The molecule has 0 spiro atoms. The summed E-state index contributed by atoms with van der Waals surface area (Å²) in [6.07, 6.45) is 0. The van der Waals surface area contributed by atoms with E-state index in [-0.39, 0.29) is 6.61 Å². The van der Waals surface area contributed by atoms with Crippen LogP contribution in [-0.2, 0) is 0 Å². The second kappa shape index (κ2) is 4.69. The van der Waals surface area contributed by atoms with Gasteiger partial charge in [0.1, 0.15) is 0 Å². The van der Waals surface area contributed by atoms with Gasteiger partial charge in [0.05, 0.1) is 6.61 Å². The molecule has 72 valence electrons. The molecule has 0 aliphatic carbocycles. The number of benzene rings is 1. The average molecular weight is 181 g/mol. The molecular weight excluding hydrogens is 166 g/mol. The molecule has 0 fully saturated rings. The standard InChI is InChI=1S/C9H15N3O/c1-7-6-8(2-3-9(7)10)12-11-4-5-13/h2-3,6,11-13H,4-5,10H2,1H3. The quantitative estimate of drug-likeness (QED) is 0.310. The van der Waals surface area contributed by atoms with Crippen molar-refractivity contribution in [2.24, 2.45) is 0 Å². The third-order valence-corrected chi connectivity index (χ3v) is 1.74. The maximum Gasteiger partial charge on any atom is 0.0574 e. The van der Waals surface area contributed by atoms with Gasteiger partial charge >= 0.3 is 0 Å². The van der Waals surface area contributed by atoms with E-state index in [4.69, 9.17) is 10.8 Å². The Morgan fingerprint density at radius 1 is 1.46 bits per heavy atom. The largest absolute Gasteiger partial charge is 0.399 e. The lowest BCUT2D eigenvalue weighted by Gasteiger charge is -2.08. The lowest BCUT2D eigenvalue weighted by atomic mass is 10.2. The van der Waals surface area contributed by atoms with Gasteiger partial charge in [0.2, 0.25) is 0 Å². The summed E-state index contributed by atoms with van der Waals surface area (Å²) >= 11 is 0. The number of aryl methyl sites for hydroxylation is 1. The normalized spacial score (nSPS) is 10.0. The minimum Gasteiger partial charge on any atom is -0.399 e. The zero-order valence-corrected chi connectivity index (χ0v) is 7.67. The van der Waals surface area contributed by atoms with Crippen LogP contribution in [0.2, 0.25) is 0 Å². The molecule has 0 atom stereocenters. The summed E-state index contributed by atoms with van der Waals surface area (Å²) in [6.45, 7) is 2.58. The van der Waals surface area contributed by atoms with Crippen molar-refractivity contribution in [1.82, 2.24) is 5.43 Å². The highest BCUT2D eigenvalue weighted by Crippen LogP contribution is 2.15. The molecule has 5 N–H and O–H groups in total. The lowest BCUT2D eigenvalue weighted by molar-refractivity contribution is 0.296. The Bertz CT molecular complexity index is 276. The molecule has 0 unspecified atom stereocenters. The van der Waals surface area contributed by atoms with Crippen molar-refractivity contribution in [3.8, 4) is 0 Å². The van der Waals surface area contributed by atoms with E-state index >= 15 is 0 Å². The number of aliphatic hydroxyl groups excluding tert-OH is 1. The molecule has 0 aliphatic heterocycles. The van der Waals surface area contributed by atoms with Gasteiger partial charge in [-0.25, -0.2) is 5.43 Å². The van der Waals surface area contributed by atoms with Crippen LogP contribution in [0.25, 0.3) is 0 Å². The Hall–Kier alpha value is -1.26. The summed E-state index contributed by atoms with van der Waals surface area (Å²) in [6, 6.07) is 5.67. The SMILES string of the molecule is Cc1cc(NNCCO)ccc1N. The van der Waals surface area contributed by atoms with Crippen LogP contribution >= 0.6 is 0 Å². The fraction of sp³-hybridized carbons (Fsp3) is 0.333. The molecule has 0 heterocycles. The predicted molar refractivity (Wildman–Crippen MR) is 54.3 cm³/mol. The molecule has 1 rings (SSSR count). The summed E-state index contributed by atoms with van der Waals surface area (Å²) in [5.41, 5.74) is 14.2. The average Bonchev–Trinajstić information content (AvgIpc) is 2.12. The maximum atomic E-state index is 8.52. The smallest absolute Gasteiger partial charge is 0.0574 e. The van der Waals surface area contributed by atoms with Gasteiger partial charge in [-0.2, -0.15) is 0 Å². The van der Waals surface area contributed by atoms with E-state index in [1.165, 1.54) is 0 Å². The molecule has 0 saturated heterocycles. The van der Waals surface area contributed by atoms with Crippen molar-refractivity contribution in [2.45, 2.75) is 6.92 Å². The van der Waals surface area contributed by atoms with Crippen molar-refractivity contribution in [3.63, 3.8) is 0 Å². The van der Waals surface area contributed by atoms with E-state index in [0.717, 1.165) is 16.9 Å². The number of aliphatic hydroxyl groups is 1. The minimum absolute atomic E-state index is 0.112. The number of hydrazine groups is 1. The first-order valence-electron chi connectivity index (χ1n) is 4.20. The van der Waals surface area contributed by atoms with Crippen LogP contribution in [0.3, 0.4) is 0 Å². The number of nitrogens with two attached hydrogens (primary N) is 1. The van der Waals surface area contributed by atoms with Gasteiger partial charge in [0, 0.05) is 17.9 Å². The van der Waals surface area contributed by atoms with E-state index < -0.39 is 0 Å². The first kappa shape index (κ1) is 9.83. The summed E-state index contributed by atoms with van der Waals surface area (Å²) in [5, 5.41) is 8.52. The predicted octanol–water partition coefficient (Wildman–Crippen LogP) is 0.486. The van der Waals surface area contributed by atoms with Gasteiger partial charge in [0.25, 0.3) is 0 Å². The van der Waals surface area contributed by atoms with Crippen LogP contribution in [0.4, 0.5) is 11.4 Å². The molecule has 4 nitrogen and oxygen atoms in total. The molecule has 0 bridgehead atoms. The lowest BCUT2D eigenvalue weighted by Crippen LogP contribution is -2.24. The number of hydrogen-bond donors (Lipinski definition) is 4. The number of nitrogens with one attached hydrogen (secondary N) is 2. The van der Waals surface area contributed by atoms with Gasteiger partial charge < -0.3 is 16.3 Å². The fourth-order valence-electron chi connectivity index (χ4n) is 0.974. The van der Waals surface area contributed by atoms with Crippen molar-refractivity contribution in [2.75, 3.05) is 24.3 Å². The van der Waals surface area contributed by atoms with Crippen LogP contribution < -0.4 is 16.6 Å². The summed E-state index contributed by atoms with van der Waals surface area (Å²) in [7, 11) is 0. The molecular formula is C9H15N3O. The highest BCUT2D eigenvalue weighted by atomic mass is 16.3. The van der Waals surface area contributed by atoms with Gasteiger partial charge in [-0.05, 0) is 30.7 Å². The van der Waals surface area contributed by atoms with Gasteiger partial charge in [-0.3, -0.25) is 0 Å². The molecule has 4 heteroatoms. The Labute approximate surface area is 77.7 Å². The van der Waals surface area contributed by atoms with E-state index in [9.17, 15) is 0 Å². The monoisotopic (exact) mass is 181 g/mol. The second-order valence-electron chi connectivity index (χ2n) is 2.85. The van der Waals surface area contributed by atoms with Gasteiger partial charge in [-0.15, -0.1) is 0 Å². The van der Waals surface area contributed by atoms with Crippen LogP contribution in [0.1, 0.15) is 5.56 Å². The van der Waals surface area contributed by atoms with E-state index in [1.54, 1.807) is 0 Å². The van der Waals surface area contributed by atoms with E-state index in [2.05, 4.69) is 10.9 Å². The highest BCUT2D eigenvalue weighted by molar-refractivity contribution is 5.56. The second-order valence-corrected chi connectivity index (χ2v) is 2.85. The van der Waals surface area contributed by atoms with Crippen LogP contribution in [0.5, 0.6) is 0 Å².